The van der Waals surface area contributed by atoms with E-state index in [4.69, 9.17) is 21.3 Å². The number of aromatic nitrogens is 2. The van der Waals surface area contributed by atoms with Crippen molar-refractivity contribution < 1.29 is 9.53 Å². The Balaban J connectivity index is 1.56. The van der Waals surface area contributed by atoms with E-state index in [1.54, 1.807) is 0 Å². The van der Waals surface area contributed by atoms with Crippen molar-refractivity contribution in [3.63, 3.8) is 0 Å². The molecule has 0 spiro atoms. The van der Waals surface area contributed by atoms with Crippen molar-refractivity contribution >= 4 is 28.5 Å². The number of amides is 1. The normalized spacial score (nSPS) is 10.8. The second-order valence-electron chi connectivity index (χ2n) is 6.42. The van der Waals surface area contributed by atoms with Crippen LogP contribution in [0.1, 0.15) is 18.7 Å². The fraction of sp³-hybridized carbons (Fsp3) is 0.273. The van der Waals surface area contributed by atoms with E-state index in [0.29, 0.717) is 24.6 Å². The molecule has 0 radical (unpaired) electrons. The van der Waals surface area contributed by atoms with Crippen LogP contribution in [0.3, 0.4) is 0 Å². The van der Waals surface area contributed by atoms with Crippen LogP contribution in [-0.4, -0.2) is 28.6 Å². The molecule has 0 atom stereocenters. The predicted molar refractivity (Wildman–Crippen MR) is 113 cm³/mol. The first-order chi connectivity index (χ1) is 13.7. The Morgan fingerprint density at radius 3 is 2.75 bits per heavy atom. The van der Waals surface area contributed by atoms with Crippen molar-refractivity contribution in [1.29, 1.82) is 0 Å². The maximum atomic E-state index is 11.4. The zero-order chi connectivity index (χ0) is 19.8. The maximum Gasteiger partial charge on any atom is 0.243 e. The molecular weight excluding hydrogens is 374 g/mol. The molecule has 2 aromatic carbocycles. The summed E-state index contributed by atoms with van der Waals surface area (Å²) >= 11 is 5.88. The molecular formula is C22H24ClN3O2. The number of fused-ring (bicyclic) bond motifs is 1. The van der Waals surface area contributed by atoms with E-state index in [1.165, 1.54) is 6.08 Å². The fourth-order valence-corrected chi connectivity index (χ4v) is 3.15. The highest BCUT2D eigenvalue weighted by molar-refractivity contribution is 6.30. The van der Waals surface area contributed by atoms with E-state index in [0.717, 1.165) is 42.0 Å². The SMILES string of the molecule is C=CC(=O)NCCc1nc2ccccc2n1CCCCOc1ccc(Cl)cc1. The fourth-order valence-electron chi connectivity index (χ4n) is 3.03. The minimum atomic E-state index is -0.165. The Morgan fingerprint density at radius 1 is 1.18 bits per heavy atom. The Labute approximate surface area is 170 Å². The van der Waals surface area contributed by atoms with Crippen LogP contribution < -0.4 is 10.1 Å². The van der Waals surface area contributed by atoms with Gasteiger partial charge in [-0.1, -0.05) is 30.3 Å². The van der Waals surface area contributed by atoms with E-state index in [2.05, 4.69) is 22.5 Å². The number of aryl methyl sites for hydroxylation is 1. The van der Waals surface area contributed by atoms with Gasteiger partial charge in [-0.3, -0.25) is 4.79 Å². The molecule has 3 aromatic rings. The summed E-state index contributed by atoms with van der Waals surface area (Å²) in [5.74, 6) is 1.64. The van der Waals surface area contributed by atoms with Gasteiger partial charge in [0, 0.05) is 24.5 Å². The van der Waals surface area contributed by atoms with Gasteiger partial charge in [-0.05, 0) is 55.3 Å². The number of unbranched alkanes of at least 4 members (excludes halogenated alkanes) is 1. The molecule has 5 nitrogen and oxygen atoms in total. The lowest BCUT2D eigenvalue weighted by Gasteiger charge is -2.10. The van der Waals surface area contributed by atoms with E-state index in [1.807, 2.05) is 42.5 Å². The number of halogens is 1. The lowest BCUT2D eigenvalue weighted by atomic mass is 10.3. The van der Waals surface area contributed by atoms with Gasteiger partial charge in [-0.2, -0.15) is 0 Å². The molecule has 1 N–H and O–H groups in total. The second kappa shape index (κ2) is 9.95. The van der Waals surface area contributed by atoms with Crippen LogP contribution in [0.5, 0.6) is 5.75 Å². The molecule has 6 heteroatoms. The Kier molecular flexibility index (Phi) is 7.09. The topological polar surface area (TPSA) is 56.2 Å². The van der Waals surface area contributed by atoms with E-state index < -0.39 is 0 Å². The third-order valence-electron chi connectivity index (χ3n) is 4.43. The summed E-state index contributed by atoms with van der Waals surface area (Å²) < 4.78 is 8.00. The number of ether oxygens (including phenoxy) is 1. The number of rotatable bonds is 10. The van der Waals surface area contributed by atoms with Crippen LogP contribution in [0.2, 0.25) is 5.02 Å². The van der Waals surface area contributed by atoms with Gasteiger partial charge in [-0.15, -0.1) is 0 Å². The number of para-hydroxylation sites is 2. The van der Waals surface area contributed by atoms with Crippen molar-refractivity contribution in [2.45, 2.75) is 25.8 Å². The van der Waals surface area contributed by atoms with Crippen molar-refractivity contribution in [3.8, 4) is 5.75 Å². The Bertz CT molecular complexity index is 935. The summed E-state index contributed by atoms with van der Waals surface area (Å²) in [7, 11) is 0. The highest BCUT2D eigenvalue weighted by Gasteiger charge is 2.10. The van der Waals surface area contributed by atoms with Crippen LogP contribution in [0.4, 0.5) is 0 Å². The first kappa shape index (κ1) is 20.0. The smallest absolute Gasteiger partial charge is 0.243 e. The monoisotopic (exact) mass is 397 g/mol. The van der Waals surface area contributed by atoms with E-state index in [-0.39, 0.29) is 5.91 Å². The summed E-state index contributed by atoms with van der Waals surface area (Å²) in [6.07, 6.45) is 3.86. The number of imidazole rings is 1. The summed E-state index contributed by atoms with van der Waals surface area (Å²) in [6, 6.07) is 15.5. The van der Waals surface area contributed by atoms with Crippen molar-refractivity contribution in [1.82, 2.24) is 14.9 Å². The largest absolute Gasteiger partial charge is 0.494 e. The number of hydrogen-bond acceptors (Lipinski definition) is 3. The number of carbonyl (C=O) groups is 1. The number of nitrogens with zero attached hydrogens (tertiary/aromatic N) is 2. The number of carbonyl (C=O) groups excluding carboxylic acids is 1. The number of benzene rings is 2. The molecule has 0 saturated carbocycles. The van der Waals surface area contributed by atoms with E-state index >= 15 is 0 Å². The third-order valence-corrected chi connectivity index (χ3v) is 4.68. The summed E-state index contributed by atoms with van der Waals surface area (Å²) in [5, 5.41) is 3.52. The molecule has 0 aliphatic rings. The number of hydrogen-bond donors (Lipinski definition) is 1. The number of nitrogens with one attached hydrogen (secondary N) is 1. The second-order valence-corrected chi connectivity index (χ2v) is 6.86. The van der Waals surface area contributed by atoms with Crippen molar-refractivity contribution in [3.05, 3.63) is 72.0 Å². The van der Waals surface area contributed by atoms with Crippen LogP contribution in [0, 0.1) is 0 Å². The van der Waals surface area contributed by atoms with Gasteiger partial charge in [0.25, 0.3) is 0 Å². The zero-order valence-electron chi connectivity index (χ0n) is 15.7. The Morgan fingerprint density at radius 2 is 1.96 bits per heavy atom. The molecule has 28 heavy (non-hydrogen) atoms. The van der Waals surface area contributed by atoms with Crippen LogP contribution in [-0.2, 0) is 17.8 Å². The summed E-state index contributed by atoms with van der Waals surface area (Å²) in [4.78, 5) is 16.1. The molecule has 1 heterocycles. The quantitative estimate of drug-likeness (QED) is 0.407. The first-order valence-electron chi connectivity index (χ1n) is 9.40. The molecule has 0 saturated heterocycles. The average molecular weight is 398 g/mol. The van der Waals surface area contributed by atoms with Gasteiger partial charge in [0.05, 0.1) is 17.6 Å². The molecule has 1 aromatic heterocycles. The van der Waals surface area contributed by atoms with Crippen LogP contribution in [0.25, 0.3) is 11.0 Å². The lowest BCUT2D eigenvalue weighted by Crippen LogP contribution is -2.24. The first-order valence-corrected chi connectivity index (χ1v) is 9.78. The molecule has 3 rings (SSSR count). The summed E-state index contributed by atoms with van der Waals surface area (Å²) in [6.45, 7) is 5.52. The molecule has 0 fully saturated rings. The standard InChI is InChI=1S/C22H24ClN3O2/c1-2-22(27)24-14-13-21-25-19-7-3-4-8-20(19)26(21)15-5-6-16-28-18-11-9-17(23)10-12-18/h2-4,7-12H,1,5-6,13-16H2,(H,24,27). The van der Waals surface area contributed by atoms with Gasteiger partial charge in [0.1, 0.15) is 11.6 Å². The van der Waals surface area contributed by atoms with E-state index in [9.17, 15) is 4.79 Å². The molecule has 1 amide bonds. The highest BCUT2D eigenvalue weighted by atomic mass is 35.5. The molecule has 0 bridgehead atoms. The minimum absolute atomic E-state index is 0.165. The average Bonchev–Trinajstić information content (AvgIpc) is 3.06. The van der Waals surface area contributed by atoms with Gasteiger partial charge < -0.3 is 14.6 Å². The Hall–Kier alpha value is -2.79. The van der Waals surface area contributed by atoms with Gasteiger partial charge >= 0.3 is 0 Å². The predicted octanol–water partition coefficient (Wildman–Crippen LogP) is 4.39. The molecule has 0 unspecified atom stereocenters. The van der Waals surface area contributed by atoms with Gasteiger partial charge in [-0.25, -0.2) is 4.98 Å². The van der Waals surface area contributed by atoms with Crippen molar-refractivity contribution in [2.75, 3.05) is 13.2 Å². The summed E-state index contributed by atoms with van der Waals surface area (Å²) in [5.41, 5.74) is 2.09. The highest BCUT2D eigenvalue weighted by Crippen LogP contribution is 2.18. The molecule has 146 valence electrons. The van der Waals surface area contributed by atoms with Gasteiger partial charge in [0.15, 0.2) is 0 Å². The third kappa shape index (κ3) is 5.36. The lowest BCUT2D eigenvalue weighted by molar-refractivity contribution is -0.116. The van der Waals surface area contributed by atoms with Gasteiger partial charge in [0.2, 0.25) is 5.91 Å². The zero-order valence-corrected chi connectivity index (χ0v) is 16.5. The van der Waals surface area contributed by atoms with Crippen molar-refractivity contribution in [2.24, 2.45) is 0 Å². The molecule has 0 aliphatic carbocycles. The minimum Gasteiger partial charge on any atom is -0.494 e. The van der Waals surface area contributed by atoms with Crippen LogP contribution in [0.15, 0.2) is 61.2 Å². The maximum absolute atomic E-state index is 11.4. The van der Waals surface area contributed by atoms with Crippen LogP contribution >= 0.6 is 11.6 Å². The molecule has 0 aliphatic heterocycles.